The van der Waals surface area contributed by atoms with Crippen molar-refractivity contribution >= 4 is 22.8 Å². The van der Waals surface area contributed by atoms with E-state index in [4.69, 9.17) is 10.5 Å². The topological polar surface area (TPSA) is 95.1 Å². The van der Waals surface area contributed by atoms with Gasteiger partial charge in [-0.15, -0.1) is 0 Å². The lowest BCUT2D eigenvalue weighted by atomic mass is 10.1. The molecule has 0 aromatic carbocycles. The van der Waals surface area contributed by atoms with Gasteiger partial charge in [-0.2, -0.15) is 0 Å². The van der Waals surface area contributed by atoms with Gasteiger partial charge in [0.05, 0.1) is 17.5 Å². The number of aryl methyl sites for hydroxylation is 1. The third-order valence-electron chi connectivity index (χ3n) is 3.45. The summed E-state index contributed by atoms with van der Waals surface area (Å²) in [5.74, 6) is 6.70. The first-order valence-electron chi connectivity index (χ1n) is 7.88. The SMILES string of the molecule is CC(C)CCOCC(=O)NCC#Cc1cn(C)c2ncnc(N)c12. The Bertz CT molecular complexity index is 770. The lowest BCUT2D eigenvalue weighted by Gasteiger charge is -2.05. The predicted molar refractivity (Wildman–Crippen MR) is 93.1 cm³/mol. The number of fused-ring (bicyclic) bond motifs is 1. The molecule has 0 aliphatic heterocycles. The van der Waals surface area contributed by atoms with Crippen molar-refractivity contribution in [3.63, 3.8) is 0 Å². The summed E-state index contributed by atoms with van der Waals surface area (Å²) >= 11 is 0. The van der Waals surface area contributed by atoms with Gasteiger partial charge in [-0.3, -0.25) is 4.79 Å². The standard InChI is InChI=1S/C17H23N5O2/c1-12(2)6-8-24-10-14(23)19-7-4-5-13-9-22(3)17-15(13)16(18)20-11-21-17/h9,11-12H,6-8,10H2,1-3H3,(H,19,23)(H2,18,20,21). The number of carbonyl (C=O) groups is 1. The number of anilines is 1. The molecule has 0 fully saturated rings. The Morgan fingerprint density at radius 3 is 3.00 bits per heavy atom. The van der Waals surface area contributed by atoms with Gasteiger partial charge in [0.15, 0.2) is 0 Å². The minimum absolute atomic E-state index is 0.0590. The van der Waals surface area contributed by atoms with Crippen LogP contribution in [0, 0.1) is 17.8 Å². The third kappa shape index (κ3) is 4.70. The molecule has 0 radical (unpaired) electrons. The highest BCUT2D eigenvalue weighted by atomic mass is 16.5. The molecule has 0 unspecified atom stereocenters. The molecule has 0 saturated carbocycles. The molecule has 24 heavy (non-hydrogen) atoms. The van der Waals surface area contributed by atoms with Gasteiger partial charge < -0.3 is 20.4 Å². The van der Waals surface area contributed by atoms with E-state index in [0.717, 1.165) is 23.0 Å². The molecule has 2 aromatic heterocycles. The summed E-state index contributed by atoms with van der Waals surface area (Å²) in [6.07, 6.45) is 4.21. The van der Waals surface area contributed by atoms with Crippen LogP contribution in [0.3, 0.4) is 0 Å². The minimum atomic E-state index is -0.172. The summed E-state index contributed by atoms with van der Waals surface area (Å²) in [5, 5.41) is 3.44. The molecule has 1 amide bonds. The summed E-state index contributed by atoms with van der Waals surface area (Å²) in [5.41, 5.74) is 7.37. The lowest BCUT2D eigenvalue weighted by Crippen LogP contribution is -2.28. The van der Waals surface area contributed by atoms with Gasteiger partial charge in [-0.05, 0) is 12.3 Å². The van der Waals surface area contributed by atoms with Gasteiger partial charge in [-0.1, -0.05) is 25.7 Å². The predicted octanol–water partition coefficient (Wildman–Crippen LogP) is 1.08. The van der Waals surface area contributed by atoms with Crippen molar-refractivity contribution < 1.29 is 9.53 Å². The van der Waals surface area contributed by atoms with Crippen LogP contribution in [0.1, 0.15) is 25.8 Å². The summed E-state index contributed by atoms with van der Waals surface area (Å²) in [6, 6.07) is 0. The molecule has 2 rings (SSSR count). The number of nitrogens with two attached hydrogens (primary N) is 1. The van der Waals surface area contributed by atoms with Crippen molar-refractivity contribution in [2.24, 2.45) is 13.0 Å². The third-order valence-corrected chi connectivity index (χ3v) is 3.45. The molecule has 0 aliphatic carbocycles. The number of rotatable bonds is 6. The summed E-state index contributed by atoms with van der Waals surface area (Å²) in [6.45, 7) is 5.13. The molecule has 0 atom stereocenters. The van der Waals surface area contributed by atoms with E-state index in [1.807, 2.05) is 17.8 Å². The van der Waals surface area contributed by atoms with Crippen LogP contribution in [0.25, 0.3) is 11.0 Å². The smallest absolute Gasteiger partial charge is 0.246 e. The van der Waals surface area contributed by atoms with Crippen LogP contribution in [-0.2, 0) is 16.6 Å². The Morgan fingerprint density at radius 2 is 2.25 bits per heavy atom. The quantitative estimate of drug-likeness (QED) is 0.611. The molecule has 0 bridgehead atoms. The van der Waals surface area contributed by atoms with Gasteiger partial charge in [-0.25, -0.2) is 9.97 Å². The number of nitrogen functional groups attached to an aromatic ring is 1. The molecule has 0 aliphatic rings. The Morgan fingerprint density at radius 1 is 1.46 bits per heavy atom. The molecule has 2 aromatic rings. The zero-order valence-corrected chi connectivity index (χ0v) is 14.3. The Hall–Kier alpha value is -2.59. The normalized spacial score (nSPS) is 10.7. The molecular formula is C17H23N5O2. The van der Waals surface area contributed by atoms with Crippen LogP contribution in [0.15, 0.2) is 12.5 Å². The van der Waals surface area contributed by atoms with Crippen molar-refractivity contribution in [1.82, 2.24) is 19.9 Å². The van der Waals surface area contributed by atoms with Crippen LogP contribution < -0.4 is 11.1 Å². The van der Waals surface area contributed by atoms with Crippen LogP contribution >= 0.6 is 0 Å². The van der Waals surface area contributed by atoms with E-state index in [2.05, 4.69) is 41.0 Å². The number of aromatic nitrogens is 3. The summed E-state index contributed by atoms with van der Waals surface area (Å²) in [7, 11) is 1.87. The fourth-order valence-electron chi connectivity index (χ4n) is 2.15. The number of hydrogen-bond acceptors (Lipinski definition) is 5. The molecule has 0 spiro atoms. The lowest BCUT2D eigenvalue weighted by molar-refractivity contribution is -0.125. The number of nitrogens with zero attached hydrogens (tertiary/aromatic N) is 3. The number of carbonyl (C=O) groups excluding carboxylic acids is 1. The Kier molecular flexibility index (Phi) is 6.15. The first-order chi connectivity index (χ1) is 11.5. The van der Waals surface area contributed by atoms with Gasteiger partial charge in [0, 0.05) is 19.9 Å². The zero-order valence-electron chi connectivity index (χ0n) is 14.3. The van der Waals surface area contributed by atoms with Crippen LogP contribution in [0.5, 0.6) is 0 Å². The van der Waals surface area contributed by atoms with Crippen molar-refractivity contribution in [3.05, 3.63) is 18.1 Å². The Balaban J connectivity index is 1.87. The first kappa shape index (κ1) is 17.8. The highest BCUT2D eigenvalue weighted by molar-refractivity contribution is 5.92. The number of hydrogen-bond donors (Lipinski definition) is 2. The van der Waals surface area contributed by atoms with Crippen molar-refractivity contribution in [2.75, 3.05) is 25.5 Å². The van der Waals surface area contributed by atoms with E-state index in [1.54, 1.807) is 0 Å². The van der Waals surface area contributed by atoms with Crippen LogP contribution in [-0.4, -0.2) is 40.2 Å². The van der Waals surface area contributed by atoms with Gasteiger partial charge in [0.25, 0.3) is 0 Å². The zero-order chi connectivity index (χ0) is 17.5. The molecule has 0 saturated heterocycles. The van der Waals surface area contributed by atoms with E-state index >= 15 is 0 Å². The average Bonchev–Trinajstić information content (AvgIpc) is 2.86. The van der Waals surface area contributed by atoms with Crippen LogP contribution in [0.2, 0.25) is 0 Å². The molecule has 2 heterocycles. The van der Waals surface area contributed by atoms with E-state index in [1.165, 1.54) is 6.33 Å². The highest BCUT2D eigenvalue weighted by Gasteiger charge is 2.09. The van der Waals surface area contributed by atoms with Crippen LogP contribution in [0.4, 0.5) is 5.82 Å². The second-order valence-electron chi connectivity index (χ2n) is 5.92. The van der Waals surface area contributed by atoms with Crippen molar-refractivity contribution in [1.29, 1.82) is 0 Å². The second-order valence-corrected chi connectivity index (χ2v) is 5.92. The van der Waals surface area contributed by atoms with Crippen molar-refractivity contribution in [3.8, 4) is 11.8 Å². The maximum absolute atomic E-state index is 11.6. The number of ether oxygens (including phenoxy) is 1. The maximum atomic E-state index is 11.6. The number of amides is 1. The fraction of sp³-hybridized carbons (Fsp3) is 0.471. The average molecular weight is 329 g/mol. The second kappa shape index (κ2) is 8.31. The van der Waals surface area contributed by atoms with E-state index in [0.29, 0.717) is 18.3 Å². The molecule has 128 valence electrons. The monoisotopic (exact) mass is 329 g/mol. The molecule has 7 heteroatoms. The van der Waals surface area contributed by atoms with Gasteiger partial charge in [0.2, 0.25) is 5.91 Å². The van der Waals surface area contributed by atoms with E-state index in [-0.39, 0.29) is 19.1 Å². The van der Waals surface area contributed by atoms with Crippen molar-refractivity contribution in [2.45, 2.75) is 20.3 Å². The molecule has 3 N–H and O–H groups in total. The highest BCUT2D eigenvalue weighted by Crippen LogP contribution is 2.21. The summed E-state index contributed by atoms with van der Waals surface area (Å²) in [4.78, 5) is 19.8. The molecular weight excluding hydrogens is 306 g/mol. The summed E-state index contributed by atoms with van der Waals surface area (Å²) < 4.78 is 7.15. The first-order valence-corrected chi connectivity index (χ1v) is 7.88. The van der Waals surface area contributed by atoms with E-state index < -0.39 is 0 Å². The number of nitrogens with one attached hydrogen (secondary N) is 1. The van der Waals surface area contributed by atoms with Gasteiger partial charge in [0.1, 0.15) is 24.4 Å². The fourth-order valence-corrected chi connectivity index (χ4v) is 2.15. The maximum Gasteiger partial charge on any atom is 0.246 e. The van der Waals surface area contributed by atoms with Gasteiger partial charge >= 0.3 is 0 Å². The minimum Gasteiger partial charge on any atom is -0.383 e. The van der Waals surface area contributed by atoms with E-state index in [9.17, 15) is 4.79 Å². The molecule has 7 nitrogen and oxygen atoms in total. The Labute approximate surface area is 141 Å². The largest absolute Gasteiger partial charge is 0.383 e.